The molecule has 1 aliphatic rings. The van der Waals surface area contributed by atoms with Crippen LogP contribution in [0.1, 0.15) is 24.1 Å². The Kier molecular flexibility index (Phi) is 5.05. The fourth-order valence-corrected chi connectivity index (χ4v) is 4.06. The molecule has 0 spiro atoms. The first-order valence-electron chi connectivity index (χ1n) is 9.46. The van der Waals surface area contributed by atoms with Crippen LogP contribution in [0.2, 0.25) is 0 Å². The number of pyridine rings is 1. The second-order valence-electron chi connectivity index (χ2n) is 7.34. The molecule has 0 radical (unpaired) electrons. The topological polar surface area (TPSA) is 34.1 Å². The van der Waals surface area contributed by atoms with Gasteiger partial charge in [0.1, 0.15) is 7.85 Å². The largest absolute Gasteiger partial charge is 0.374 e. The molecule has 3 aromatic rings. The molecular formula is C22H25BN2O. The number of hydrogen-bond donors (Lipinski definition) is 1. The number of nitrogens with zero attached hydrogens (tertiary/aromatic N) is 1. The van der Waals surface area contributed by atoms with Gasteiger partial charge in [0.2, 0.25) is 0 Å². The molecular weight excluding hydrogens is 319 g/mol. The average Bonchev–Trinajstić information content (AvgIpc) is 2.69. The van der Waals surface area contributed by atoms with E-state index in [2.05, 4.69) is 67.8 Å². The van der Waals surface area contributed by atoms with Crippen molar-refractivity contribution in [1.29, 1.82) is 0 Å². The Morgan fingerprint density at radius 1 is 1.00 bits per heavy atom. The van der Waals surface area contributed by atoms with Gasteiger partial charge in [-0.25, -0.2) is 0 Å². The van der Waals surface area contributed by atoms with Crippen LogP contribution < -0.4 is 10.8 Å². The van der Waals surface area contributed by atoms with Gasteiger partial charge in [-0.2, -0.15) is 0 Å². The van der Waals surface area contributed by atoms with Crippen LogP contribution in [0.15, 0.2) is 60.7 Å². The minimum absolute atomic E-state index is 0.110. The van der Waals surface area contributed by atoms with Crippen molar-refractivity contribution in [1.82, 2.24) is 10.3 Å². The summed E-state index contributed by atoms with van der Waals surface area (Å²) in [5.74, 6) is 0. The second-order valence-corrected chi connectivity index (χ2v) is 7.34. The van der Waals surface area contributed by atoms with Gasteiger partial charge in [-0.15, -0.1) is 0 Å². The van der Waals surface area contributed by atoms with Crippen molar-refractivity contribution in [2.24, 2.45) is 0 Å². The Morgan fingerprint density at radius 3 is 2.54 bits per heavy atom. The third-order valence-corrected chi connectivity index (χ3v) is 5.55. The molecule has 0 saturated carbocycles. The van der Waals surface area contributed by atoms with E-state index < -0.39 is 0 Å². The smallest absolute Gasteiger partial charge is 0.140 e. The monoisotopic (exact) mass is 344 g/mol. The summed E-state index contributed by atoms with van der Waals surface area (Å²) in [7, 11) is 2.14. The van der Waals surface area contributed by atoms with Crippen molar-refractivity contribution in [2.45, 2.75) is 24.9 Å². The molecule has 0 unspecified atom stereocenters. The number of piperidine rings is 1. The lowest BCUT2D eigenvalue weighted by Gasteiger charge is -2.38. The quantitative estimate of drug-likeness (QED) is 0.722. The molecule has 0 atom stereocenters. The first kappa shape index (κ1) is 17.3. The molecule has 26 heavy (non-hydrogen) atoms. The zero-order valence-electron chi connectivity index (χ0n) is 15.4. The molecule has 2 aromatic carbocycles. The normalized spacial score (nSPS) is 16.6. The summed E-state index contributed by atoms with van der Waals surface area (Å²) in [6, 6.07) is 21.3. The van der Waals surface area contributed by atoms with E-state index in [1.54, 1.807) is 0 Å². The predicted molar refractivity (Wildman–Crippen MR) is 110 cm³/mol. The van der Waals surface area contributed by atoms with Crippen molar-refractivity contribution in [3.8, 4) is 0 Å². The van der Waals surface area contributed by atoms with Gasteiger partial charge in [-0.3, -0.25) is 4.98 Å². The Morgan fingerprint density at radius 2 is 1.73 bits per heavy atom. The fourth-order valence-electron chi connectivity index (χ4n) is 4.06. The highest BCUT2D eigenvalue weighted by atomic mass is 16.5. The Balaban J connectivity index is 1.50. The average molecular weight is 344 g/mol. The van der Waals surface area contributed by atoms with E-state index in [9.17, 15) is 0 Å². The SMILES string of the molecule is Bc1cc(COCC2(c3ccccc3)CCNCC2)nc2ccccc12. The maximum Gasteiger partial charge on any atom is 0.140 e. The third-order valence-electron chi connectivity index (χ3n) is 5.55. The van der Waals surface area contributed by atoms with E-state index in [0.29, 0.717) is 6.61 Å². The fraction of sp³-hybridized carbons (Fsp3) is 0.318. The predicted octanol–water partition coefficient (Wildman–Crippen LogP) is 2.33. The van der Waals surface area contributed by atoms with Gasteiger partial charge in [0.05, 0.1) is 24.4 Å². The van der Waals surface area contributed by atoms with Crippen molar-refractivity contribution in [3.63, 3.8) is 0 Å². The van der Waals surface area contributed by atoms with Gasteiger partial charge >= 0.3 is 0 Å². The van der Waals surface area contributed by atoms with Crippen LogP contribution in [0.3, 0.4) is 0 Å². The van der Waals surface area contributed by atoms with Gasteiger partial charge in [0.25, 0.3) is 0 Å². The summed E-state index contributed by atoms with van der Waals surface area (Å²) in [6.07, 6.45) is 2.22. The second kappa shape index (κ2) is 7.61. The van der Waals surface area contributed by atoms with Gasteiger partial charge in [-0.05, 0) is 49.0 Å². The Bertz CT molecular complexity index is 876. The zero-order chi connectivity index (χ0) is 17.8. The Hall–Kier alpha value is -2.17. The standard InChI is InChI=1S/C22H25BN2O/c23-20-14-18(25-21-9-5-4-8-19(20)21)15-26-16-22(10-12-24-13-11-22)17-6-2-1-3-7-17/h1-9,14,24H,10-13,15-16,23H2. The molecule has 4 rings (SSSR count). The van der Waals surface area contributed by atoms with Crippen LogP contribution in [0.25, 0.3) is 10.9 Å². The number of aromatic nitrogens is 1. The van der Waals surface area contributed by atoms with Crippen molar-refractivity contribution in [3.05, 3.63) is 71.9 Å². The number of para-hydroxylation sites is 1. The van der Waals surface area contributed by atoms with Crippen LogP contribution in [-0.2, 0) is 16.8 Å². The minimum atomic E-state index is 0.110. The number of rotatable bonds is 5. The molecule has 1 fully saturated rings. The Labute approximate surface area is 156 Å². The lowest BCUT2D eigenvalue weighted by atomic mass is 9.74. The molecule has 3 nitrogen and oxygen atoms in total. The lowest BCUT2D eigenvalue weighted by Crippen LogP contribution is -2.43. The number of benzene rings is 2. The van der Waals surface area contributed by atoms with Crippen LogP contribution in [0.4, 0.5) is 0 Å². The molecule has 132 valence electrons. The van der Waals surface area contributed by atoms with Crippen molar-refractivity contribution >= 4 is 24.2 Å². The van der Waals surface area contributed by atoms with Crippen LogP contribution >= 0.6 is 0 Å². The van der Waals surface area contributed by atoms with Crippen molar-refractivity contribution < 1.29 is 4.74 Å². The summed E-state index contributed by atoms with van der Waals surface area (Å²) in [5, 5.41) is 4.69. The van der Waals surface area contributed by atoms with Gasteiger partial charge in [0.15, 0.2) is 0 Å². The number of nitrogens with one attached hydrogen (secondary N) is 1. The molecule has 1 saturated heterocycles. The van der Waals surface area contributed by atoms with Crippen LogP contribution in [-0.4, -0.2) is 32.5 Å². The summed E-state index contributed by atoms with van der Waals surface area (Å²) in [5.41, 5.74) is 4.82. The molecule has 2 heterocycles. The molecule has 0 amide bonds. The zero-order valence-corrected chi connectivity index (χ0v) is 15.4. The van der Waals surface area contributed by atoms with E-state index in [1.807, 2.05) is 6.07 Å². The molecule has 0 aliphatic carbocycles. The molecule has 1 aliphatic heterocycles. The highest BCUT2D eigenvalue weighted by Crippen LogP contribution is 2.34. The highest BCUT2D eigenvalue weighted by molar-refractivity contribution is 6.38. The summed E-state index contributed by atoms with van der Waals surface area (Å²) in [6.45, 7) is 3.40. The van der Waals surface area contributed by atoms with Crippen LogP contribution in [0, 0.1) is 0 Å². The first-order chi connectivity index (χ1) is 12.8. The summed E-state index contributed by atoms with van der Waals surface area (Å²) >= 11 is 0. The summed E-state index contributed by atoms with van der Waals surface area (Å²) in [4.78, 5) is 4.78. The molecule has 1 aromatic heterocycles. The minimum Gasteiger partial charge on any atom is -0.374 e. The molecule has 0 bridgehead atoms. The number of hydrogen-bond acceptors (Lipinski definition) is 3. The van der Waals surface area contributed by atoms with Gasteiger partial charge in [0, 0.05) is 5.41 Å². The maximum atomic E-state index is 6.23. The molecule has 4 heteroatoms. The van der Waals surface area contributed by atoms with E-state index in [1.165, 1.54) is 16.4 Å². The van der Waals surface area contributed by atoms with Gasteiger partial charge in [-0.1, -0.05) is 54.0 Å². The molecule has 1 N–H and O–H groups in total. The van der Waals surface area contributed by atoms with E-state index >= 15 is 0 Å². The van der Waals surface area contributed by atoms with Gasteiger partial charge < -0.3 is 10.1 Å². The lowest BCUT2D eigenvalue weighted by molar-refractivity contribution is 0.0550. The van der Waals surface area contributed by atoms with Crippen LogP contribution in [0.5, 0.6) is 0 Å². The summed E-state index contributed by atoms with van der Waals surface area (Å²) < 4.78 is 6.23. The number of ether oxygens (including phenoxy) is 1. The van der Waals surface area contributed by atoms with Crippen molar-refractivity contribution in [2.75, 3.05) is 19.7 Å². The van der Waals surface area contributed by atoms with E-state index in [4.69, 9.17) is 9.72 Å². The third kappa shape index (κ3) is 3.53. The highest BCUT2D eigenvalue weighted by Gasteiger charge is 2.34. The maximum absolute atomic E-state index is 6.23. The van der Waals surface area contributed by atoms with E-state index in [0.717, 1.165) is 43.7 Å². The first-order valence-corrected chi connectivity index (χ1v) is 9.46. The van der Waals surface area contributed by atoms with E-state index in [-0.39, 0.29) is 5.41 Å². The number of fused-ring (bicyclic) bond motifs is 1.